The molecule has 0 saturated carbocycles. The molecule has 2 fully saturated rings. The number of rotatable bonds is 3. The van der Waals surface area contributed by atoms with Gasteiger partial charge in [-0.1, -0.05) is 54.1 Å². The third kappa shape index (κ3) is 2.78. The van der Waals surface area contributed by atoms with Gasteiger partial charge in [-0.25, -0.2) is 0 Å². The molecule has 0 spiro atoms. The second-order valence-corrected chi connectivity index (χ2v) is 7.80. The summed E-state index contributed by atoms with van der Waals surface area (Å²) in [5.74, 6) is 0. The van der Waals surface area contributed by atoms with Gasteiger partial charge in [0.05, 0.1) is 5.60 Å². The number of benzene rings is 2. The summed E-state index contributed by atoms with van der Waals surface area (Å²) in [6, 6.07) is 18.2. The van der Waals surface area contributed by atoms with E-state index in [2.05, 4.69) is 67.3 Å². The lowest BCUT2D eigenvalue weighted by atomic mass is 9.78. The van der Waals surface area contributed by atoms with Crippen molar-refractivity contribution in [1.29, 1.82) is 0 Å². The third-order valence-electron chi connectivity index (χ3n) is 6.02. The van der Waals surface area contributed by atoms with Gasteiger partial charge in [-0.05, 0) is 56.2 Å². The van der Waals surface area contributed by atoms with Gasteiger partial charge in [0.2, 0.25) is 0 Å². The molecule has 2 bridgehead atoms. The van der Waals surface area contributed by atoms with Crippen LogP contribution in [0.2, 0.25) is 0 Å². The van der Waals surface area contributed by atoms with Crippen molar-refractivity contribution < 1.29 is 5.11 Å². The van der Waals surface area contributed by atoms with Crippen molar-refractivity contribution in [3.63, 3.8) is 0 Å². The molecule has 2 unspecified atom stereocenters. The predicted molar refractivity (Wildman–Crippen MR) is 97.8 cm³/mol. The minimum absolute atomic E-state index is 0.494. The van der Waals surface area contributed by atoms with Gasteiger partial charge in [-0.2, -0.15) is 0 Å². The van der Waals surface area contributed by atoms with E-state index in [0.717, 1.165) is 24.9 Å². The standard InChI is InChI=1S/C22H27NO/c1-16-8-9-17(2)21(12-16)22(24)13-19-10-11-20(14-22)23(19)15-18-6-4-3-5-7-18/h3-9,12,19-20,24H,10-11,13-15H2,1-2H3. The maximum absolute atomic E-state index is 11.5. The first-order valence-corrected chi connectivity index (χ1v) is 9.15. The molecule has 4 rings (SSSR count). The normalized spacial score (nSPS) is 29.8. The Morgan fingerprint density at radius 2 is 1.67 bits per heavy atom. The lowest BCUT2D eigenvalue weighted by Crippen LogP contribution is -2.49. The minimum atomic E-state index is -0.658. The van der Waals surface area contributed by atoms with Crippen LogP contribution in [-0.4, -0.2) is 22.1 Å². The Balaban J connectivity index is 1.58. The molecule has 0 aromatic heterocycles. The van der Waals surface area contributed by atoms with Crippen molar-refractivity contribution >= 4 is 0 Å². The van der Waals surface area contributed by atoms with E-state index < -0.39 is 5.60 Å². The molecular weight excluding hydrogens is 294 g/mol. The van der Waals surface area contributed by atoms with E-state index in [-0.39, 0.29) is 0 Å². The summed E-state index contributed by atoms with van der Waals surface area (Å²) in [6.45, 7) is 5.26. The number of hydrogen-bond acceptors (Lipinski definition) is 2. The third-order valence-corrected chi connectivity index (χ3v) is 6.02. The maximum Gasteiger partial charge on any atom is 0.0929 e. The molecule has 2 aliphatic rings. The largest absolute Gasteiger partial charge is 0.385 e. The smallest absolute Gasteiger partial charge is 0.0929 e. The number of nitrogens with zero attached hydrogens (tertiary/aromatic N) is 1. The zero-order valence-electron chi connectivity index (χ0n) is 14.7. The molecule has 126 valence electrons. The van der Waals surface area contributed by atoms with E-state index in [1.54, 1.807) is 0 Å². The highest BCUT2D eigenvalue weighted by molar-refractivity contribution is 5.36. The number of aliphatic hydroxyl groups is 1. The molecule has 2 nitrogen and oxygen atoms in total. The Morgan fingerprint density at radius 3 is 2.33 bits per heavy atom. The van der Waals surface area contributed by atoms with Crippen molar-refractivity contribution in [3.8, 4) is 0 Å². The van der Waals surface area contributed by atoms with Crippen molar-refractivity contribution in [2.75, 3.05) is 0 Å². The van der Waals surface area contributed by atoms with Crippen LogP contribution >= 0.6 is 0 Å². The zero-order valence-corrected chi connectivity index (χ0v) is 14.7. The molecule has 0 aliphatic carbocycles. The van der Waals surface area contributed by atoms with E-state index in [0.29, 0.717) is 12.1 Å². The maximum atomic E-state index is 11.5. The van der Waals surface area contributed by atoms with E-state index in [4.69, 9.17) is 0 Å². The Kier molecular flexibility index (Phi) is 3.98. The summed E-state index contributed by atoms with van der Waals surface area (Å²) in [7, 11) is 0. The van der Waals surface area contributed by atoms with Gasteiger partial charge in [-0.15, -0.1) is 0 Å². The highest BCUT2D eigenvalue weighted by atomic mass is 16.3. The summed E-state index contributed by atoms with van der Waals surface area (Å²) < 4.78 is 0. The predicted octanol–water partition coefficient (Wildman–Crippen LogP) is 4.32. The molecule has 24 heavy (non-hydrogen) atoms. The summed E-state index contributed by atoms with van der Waals surface area (Å²) in [5, 5.41) is 11.5. The van der Waals surface area contributed by atoms with Gasteiger partial charge in [0, 0.05) is 18.6 Å². The lowest BCUT2D eigenvalue weighted by molar-refractivity contribution is -0.0599. The Labute approximate surface area is 145 Å². The van der Waals surface area contributed by atoms with Crippen LogP contribution in [0.25, 0.3) is 0 Å². The molecular formula is C22H27NO. The van der Waals surface area contributed by atoms with Gasteiger partial charge in [0.25, 0.3) is 0 Å². The lowest BCUT2D eigenvalue weighted by Gasteiger charge is -2.44. The summed E-state index contributed by atoms with van der Waals surface area (Å²) >= 11 is 0. The van der Waals surface area contributed by atoms with E-state index in [1.165, 1.54) is 29.5 Å². The monoisotopic (exact) mass is 321 g/mol. The first-order valence-electron chi connectivity index (χ1n) is 9.15. The Bertz CT molecular complexity index is 710. The molecule has 2 heteroatoms. The van der Waals surface area contributed by atoms with Crippen LogP contribution in [0.1, 0.15) is 47.9 Å². The van der Waals surface area contributed by atoms with Crippen LogP contribution in [0.4, 0.5) is 0 Å². The van der Waals surface area contributed by atoms with Crippen molar-refractivity contribution in [2.45, 2.75) is 63.8 Å². The molecule has 2 atom stereocenters. The minimum Gasteiger partial charge on any atom is -0.385 e. The summed E-state index contributed by atoms with van der Waals surface area (Å²) in [4.78, 5) is 2.63. The van der Waals surface area contributed by atoms with Gasteiger partial charge in [0.15, 0.2) is 0 Å². The van der Waals surface area contributed by atoms with Crippen LogP contribution in [0.3, 0.4) is 0 Å². The first kappa shape index (κ1) is 15.9. The second kappa shape index (κ2) is 6.02. The molecule has 0 amide bonds. The van der Waals surface area contributed by atoms with E-state index in [9.17, 15) is 5.11 Å². The molecule has 2 aliphatic heterocycles. The van der Waals surface area contributed by atoms with Gasteiger partial charge < -0.3 is 5.11 Å². The molecule has 2 saturated heterocycles. The number of hydrogen-bond donors (Lipinski definition) is 1. The summed E-state index contributed by atoms with van der Waals surface area (Å²) in [6.07, 6.45) is 4.15. The van der Waals surface area contributed by atoms with Crippen LogP contribution < -0.4 is 0 Å². The highest BCUT2D eigenvalue weighted by Crippen LogP contribution is 2.47. The fourth-order valence-electron chi connectivity index (χ4n) is 4.83. The quantitative estimate of drug-likeness (QED) is 0.910. The van der Waals surface area contributed by atoms with Crippen LogP contribution in [0, 0.1) is 13.8 Å². The van der Waals surface area contributed by atoms with Crippen molar-refractivity contribution in [2.24, 2.45) is 0 Å². The number of aryl methyl sites for hydroxylation is 2. The highest BCUT2D eigenvalue weighted by Gasteiger charge is 2.48. The molecule has 2 aromatic carbocycles. The average molecular weight is 321 g/mol. The topological polar surface area (TPSA) is 23.5 Å². The number of fused-ring (bicyclic) bond motifs is 2. The molecule has 2 heterocycles. The zero-order chi connectivity index (χ0) is 16.7. The fourth-order valence-corrected chi connectivity index (χ4v) is 4.83. The van der Waals surface area contributed by atoms with Crippen LogP contribution in [-0.2, 0) is 12.1 Å². The summed E-state index contributed by atoms with van der Waals surface area (Å²) in [5.41, 5.74) is 4.34. The Hall–Kier alpha value is -1.64. The van der Waals surface area contributed by atoms with Crippen LogP contribution in [0.5, 0.6) is 0 Å². The SMILES string of the molecule is Cc1ccc(C)c(C2(O)CC3CCC(C2)N3Cc2ccccc2)c1. The van der Waals surface area contributed by atoms with E-state index >= 15 is 0 Å². The Morgan fingerprint density at radius 1 is 1.00 bits per heavy atom. The second-order valence-electron chi connectivity index (χ2n) is 7.80. The molecule has 1 N–H and O–H groups in total. The first-order chi connectivity index (χ1) is 11.5. The fraction of sp³-hybridized carbons (Fsp3) is 0.455. The van der Waals surface area contributed by atoms with E-state index in [1.807, 2.05) is 0 Å². The van der Waals surface area contributed by atoms with Crippen molar-refractivity contribution in [1.82, 2.24) is 4.90 Å². The molecule has 0 radical (unpaired) electrons. The van der Waals surface area contributed by atoms with Crippen molar-refractivity contribution in [3.05, 3.63) is 70.8 Å². The molecule has 2 aromatic rings. The van der Waals surface area contributed by atoms with Gasteiger partial charge in [-0.3, -0.25) is 4.90 Å². The van der Waals surface area contributed by atoms with Crippen LogP contribution in [0.15, 0.2) is 48.5 Å². The number of piperidine rings is 1. The van der Waals surface area contributed by atoms with Gasteiger partial charge in [0.1, 0.15) is 0 Å². The van der Waals surface area contributed by atoms with Gasteiger partial charge >= 0.3 is 0 Å². The average Bonchev–Trinajstić information content (AvgIpc) is 2.82.